The molecule has 1 amide bonds. The van der Waals surface area contributed by atoms with Crippen molar-refractivity contribution in [3.05, 3.63) is 82.8 Å². The summed E-state index contributed by atoms with van der Waals surface area (Å²) >= 11 is 0. The van der Waals surface area contributed by atoms with Crippen molar-refractivity contribution in [3.8, 4) is 11.4 Å². The first-order valence-electron chi connectivity index (χ1n) is 14.4. The van der Waals surface area contributed by atoms with E-state index in [1.165, 1.54) is 54.2 Å². The van der Waals surface area contributed by atoms with E-state index in [1.54, 1.807) is 9.58 Å². The van der Waals surface area contributed by atoms with E-state index in [2.05, 4.69) is 22.0 Å². The Balaban J connectivity index is 1.13. The van der Waals surface area contributed by atoms with Crippen LogP contribution in [0.25, 0.3) is 16.7 Å². The maximum absolute atomic E-state index is 13.4. The Labute approximate surface area is 242 Å². The molecule has 10 nitrogen and oxygen atoms in total. The van der Waals surface area contributed by atoms with Crippen molar-refractivity contribution < 1.29 is 19.0 Å². The lowest BCUT2D eigenvalue weighted by Crippen LogP contribution is -2.49. The number of amides is 1. The Kier molecular flexibility index (Phi) is 7.78. The Morgan fingerprint density at radius 1 is 1.12 bits per heavy atom. The highest BCUT2D eigenvalue weighted by Gasteiger charge is 2.35. The highest BCUT2D eigenvalue weighted by molar-refractivity contribution is 5.94. The third-order valence-corrected chi connectivity index (χ3v) is 8.52. The van der Waals surface area contributed by atoms with Gasteiger partial charge in [0.1, 0.15) is 29.9 Å². The molecule has 1 N–H and O–H groups in total. The van der Waals surface area contributed by atoms with Crippen molar-refractivity contribution in [1.29, 1.82) is 0 Å². The Bertz CT molecular complexity index is 1630. The summed E-state index contributed by atoms with van der Waals surface area (Å²) in [5.41, 5.74) is 0.0938. The van der Waals surface area contributed by atoms with Gasteiger partial charge in [-0.25, -0.2) is 14.1 Å². The first-order chi connectivity index (χ1) is 20.3. The van der Waals surface area contributed by atoms with Crippen molar-refractivity contribution in [2.24, 2.45) is 0 Å². The van der Waals surface area contributed by atoms with Gasteiger partial charge in [0.25, 0.3) is 11.5 Å². The number of likely N-dealkylation sites (N-methyl/N-ethyl adjacent to an activating group) is 1. The fourth-order valence-electron chi connectivity index (χ4n) is 5.88. The summed E-state index contributed by atoms with van der Waals surface area (Å²) in [5, 5.41) is 16.1. The number of halogens is 1. The van der Waals surface area contributed by atoms with E-state index in [9.17, 15) is 19.1 Å². The molecule has 1 unspecified atom stereocenters. The smallest absolute Gasteiger partial charge is 0.264 e. The molecule has 0 aliphatic carbocycles. The zero-order valence-corrected chi connectivity index (χ0v) is 23.7. The molecule has 220 valence electrons. The number of aliphatic hydroxyl groups is 1. The van der Waals surface area contributed by atoms with E-state index in [0.717, 1.165) is 24.4 Å². The molecule has 0 spiro atoms. The van der Waals surface area contributed by atoms with Gasteiger partial charge in [0.15, 0.2) is 5.65 Å². The molecule has 42 heavy (non-hydrogen) atoms. The quantitative estimate of drug-likeness (QED) is 0.361. The molecule has 11 heteroatoms. The van der Waals surface area contributed by atoms with Gasteiger partial charge in [-0.15, -0.1) is 0 Å². The number of carbonyl (C=O) groups excluding carboxylic acids is 1. The summed E-state index contributed by atoms with van der Waals surface area (Å²) in [7, 11) is 2.14. The van der Waals surface area contributed by atoms with E-state index in [0.29, 0.717) is 55.2 Å². The van der Waals surface area contributed by atoms with E-state index >= 15 is 0 Å². The van der Waals surface area contributed by atoms with E-state index in [4.69, 9.17) is 4.74 Å². The molecule has 0 radical (unpaired) electrons. The normalized spacial score (nSPS) is 19.2. The molecule has 2 aliphatic heterocycles. The van der Waals surface area contributed by atoms with Crippen molar-refractivity contribution in [1.82, 2.24) is 29.1 Å². The molecule has 6 rings (SSSR count). The van der Waals surface area contributed by atoms with Crippen molar-refractivity contribution >= 4 is 16.9 Å². The minimum Gasteiger partial charge on any atom is -0.492 e. The fourth-order valence-corrected chi connectivity index (χ4v) is 5.88. The number of fused-ring (bicyclic) bond motifs is 1. The zero-order valence-electron chi connectivity index (χ0n) is 23.7. The highest BCUT2D eigenvalue weighted by Crippen LogP contribution is 2.26. The van der Waals surface area contributed by atoms with E-state index in [1.807, 2.05) is 24.3 Å². The lowest BCUT2D eigenvalue weighted by Gasteiger charge is -2.38. The first kappa shape index (κ1) is 28.0. The van der Waals surface area contributed by atoms with E-state index in [-0.39, 0.29) is 18.0 Å². The molecule has 1 atom stereocenters. The van der Waals surface area contributed by atoms with Gasteiger partial charge in [0.2, 0.25) is 0 Å². The van der Waals surface area contributed by atoms with Crippen LogP contribution in [-0.4, -0.2) is 85.1 Å². The van der Waals surface area contributed by atoms with Crippen molar-refractivity contribution in [2.45, 2.75) is 50.3 Å². The maximum Gasteiger partial charge on any atom is 0.264 e. The van der Waals surface area contributed by atoms with Crippen LogP contribution in [0.15, 0.2) is 65.8 Å². The average Bonchev–Trinajstić information content (AvgIpc) is 3.44. The molecule has 0 saturated carbocycles. The van der Waals surface area contributed by atoms with Gasteiger partial charge >= 0.3 is 0 Å². The Morgan fingerprint density at radius 3 is 2.67 bits per heavy atom. The number of hydrogen-bond donors (Lipinski definition) is 1. The number of aromatic nitrogens is 4. The molecular weight excluding hydrogens is 539 g/mol. The second kappa shape index (κ2) is 11.7. The average molecular weight is 575 g/mol. The summed E-state index contributed by atoms with van der Waals surface area (Å²) in [6.45, 7) is 2.40. The van der Waals surface area contributed by atoms with Crippen LogP contribution in [0.1, 0.15) is 42.5 Å². The summed E-state index contributed by atoms with van der Waals surface area (Å²) < 4.78 is 22.4. The lowest BCUT2D eigenvalue weighted by molar-refractivity contribution is -0.0299. The van der Waals surface area contributed by atoms with Gasteiger partial charge in [-0.1, -0.05) is 12.5 Å². The standard InChI is InChI=1S/C31H35FN6O4/c1-35-14-3-2-5-25(35)19-42-26-7-4-6-24(17-26)38-28-27(18-34-38)30(40)37(21-33-28)20-31(41)12-15-36(16-13-31)29(39)22-8-10-23(32)11-9-22/h4,6-11,17-18,21,25,41H,2-3,5,12-16,19-20H2,1H3. The molecule has 4 aromatic rings. The molecule has 2 saturated heterocycles. The molecule has 2 aliphatic rings. The Morgan fingerprint density at radius 2 is 1.90 bits per heavy atom. The number of hydrogen-bond acceptors (Lipinski definition) is 7. The lowest BCUT2D eigenvalue weighted by atomic mass is 9.91. The second-order valence-corrected chi connectivity index (χ2v) is 11.4. The predicted octanol–water partition coefficient (Wildman–Crippen LogP) is 3.25. The topological polar surface area (TPSA) is 106 Å². The van der Waals surface area contributed by atoms with Crippen LogP contribution in [0.2, 0.25) is 0 Å². The van der Waals surface area contributed by atoms with Crippen molar-refractivity contribution in [3.63, 3.8) is 0 Å². The van der Waals surface area contributed by atoms with Gasteiger partial charge in [-0.3, -0.25) is 14.2 Å². The molecule has 4 heterocycles. The van der Waals surface area contributed by atoms with Gasteiger partial charge in [0, 0.05) is 30.8 Å². The number of benzene rings is 2. The fraction of sp³-hybridized carbons (Fsp3) is 0.419. The SMILES string of the molecule is CN1CCCCC1COc1cccc(-n2ncc3c(=O)n(CC4(O)CCN(C(=O)c5ccc(F)cc5)CC4)cnc32)c1. The van der Waals surface area contributed by atoms with Gasteiger partial charge < -0.3 is 19.6 Å². The third kappa shape index (κ3) is 5.79. The van der Waals surface area contributed by atoms with Gasteiger partial charge in [0.05, 0.1) is 24.0 Å². The monoisotopic (exact) mass is 574 g/mol. The summed E-state index contributed by atoms with van der Waals surface area (Å²) in [4.78, 5) is 34.7. The molecule has 2 fully saturated rings. The minimum atomic E-state index is -1.17. The predicted molar refractivity (Wildman–Crippen MR) is 155 cm³/mol. The van der Waals surface area contributed by atoms with Gasteiger partial charge in [-0.2, -0.15) is 5.10 Å². The number of carbonyl (C=O) groups is 1. The highest BCUT2D eigenvalue weighted by atomic mass is 19.1. The van der Waals surface area contributed by atoms with Crippen LogP contribution >= 0.6 is 0 Å². The molecule has 0 bridgehead atoms. The van der Waals surface area contributed by atoms with Crippen LogP contribution in [0.4, 0.5) is 4.39 Å². The van der Waals surface area contributed by atoms with Gasteiger partial charge in [-0.05, 0) is 75.7 Å². The van der Waals surface area contributed by atoms with Crippen LogP contribution in [0.3, 0.4) is 0 Å². The van der Waals surface area contributed by atoms with Crippen LogP contribution in [0.5, 0.6) is 5.75 Å². The molecule has 2 aromatic heterocycles. The number of likely N-dealkylation sites (tertiary alicyclic amines) is 2. The van der Waals surface area contributed by atoms with E-state index < -0.39 is 11.4 Å². The number of ether oxygens (including phenoxy) is 1. The largest absolute Gasteiger partial charge is 0.492 e. The van der Waals surface area contributed by atoms with Crippen LogP contribution in [0, 0.1) is 5.82 Å². The van der Waals surface area contributed by atoms with Crippen LogP contribution in [-0.2, 0) is 6.54 Å². The summed E-state index contributed by atoms with van der Waals surface area (Å²) in [6, 6.07) is 13.4. The van der Waals surface area contributed by atoms with Crippen LogP contribution < -0.4 is 10.3 Å². The first-order valence-corrected chi connectivity index (χ1v) is 14.4. The summed E-state index contributed by atoms with van der Waals surface area (Å²) in [5.74, 6) is 0.122. The second-order valence-electron chi connectivity index (χ2n) is 11.4. The summed E-state index contributed by atoms with van der Waals surface area (Å²) in [6.07, 6.45) is 7.10. The third-order valence-electron chi connectivity index (χ3n) is 8.52. The van der Waals surface area contributed by atoms with Crippen molar-refractivity contribution in [2.75, 3.05) is 33.3 Å². The minimum absolute atomic E-state index is 0.0530. The number of rotatable bonds is 7. The molecule has 2 aromatic carbocycles. The maximum atomic E-state index is 13.4. The Hall–Kier alpha value is -4.09. The molecular formula is C31H35FN6O4. The zero-order chi connectivity index (χ0) is 29.3. The number of piperidine rings is 2. The number of nitrogens with zero attached hydrogens (tertiary/aromatic N) is 6.